The van der Waals surface area contributed by atoms with Crippen molar-refractivity contribution in [3.63, 3.8) is 0 Å². The van der Waals surface area contributed by atoms with E-state index < -0.39 is 0 Å². The van der Waals surface area contributed by atoms with Gasteiger partial charge in [0.15, 0.2) is 12.4 Å². The van der Waals surface area contributed by atoms with Gasteiger partial charge >= 0.3 is 0 Å². The summed E-state index contributed by atoms with van der Waals surface area (Å²) in [6, 6.07) is 7.79. The van der Waals surface area contributed by atoms with Crippen LogP contribution < -0.4 is 4.74 Å². The van der Waals surface area contributed by atoms with Gasteiger partial charge in [-0.25, -0.2) is 0 Å². The third-order valence-electron chi connectivity index (χ3n) is 2.95. The zero-order valence-corrected chi connectivity index (χ0v) is 13.7. The molecule has 1 aromatic carbocycles. The van der Waals surface area contributed by atoms with Crippen molar-refractivity contribution < 1.29 is 13.7 Å². The van der Waals surface area contributed by atoms with Gasteiger partial charge in [-0.3, -0.25) is 0 Å². The normalized spacial score (nSPS) is 10.9. The molecule has 23 heavy (non-hydrogen) atoms. The molecule has 0 spiro atoms. The van der Waals surface area contributed by atoms with Crippen LogP contribution in [0.25, 0.3) is 0 Å². The summed E-state index contributed by atoms with van der Waals surface area (Å²) in [4.78, 5) is 4.22. The third kappa shape index (κ3) is 4.32. The summed E-state index contributed by atoms with van der Waals surface area (Å²) in [5, 5.41) is 12.2. The van der Waals surface area contributed by atoms with Crippen LogP contribution in [0, 0.1) is 6.92 Å². The Hall–Kier alpha value is -2.35. The van der Waals surface area contributed by atoms with Crippen LogP contribution in [0.3, 0.4) is 0 Å². The largest absolute Gasteiger partial charge is 0.484 e. The summed E-state index contributed by atoms with van der Waals surface area (Å²) in [7, 11) is 0. The Morgan fingerprint density at radius 2 is 2.13 bits per heavy atom. The van der Waals surface area contributed by atoms with E-state index in [1.54, 1.807) is 0 Å². The minimum absolute atomic E-state index is 0.234. The van der Waals surface area contributed by atoms with Crippen molar-refractivity contribution >= 4 is 11.8 Å². The zero-order chi connectivity index (χ0) is 16.1. The molecular formula is C15H16N4O3S. The summed E-state index contributed by atoms with van der Waals surface area (Å²) in [5.74, 6) is 2.93. The van der Waals surface area contributed by atoms with Crippen molar-refractivity contribution in [2.24, 2.45) is 0 Å². The lowest BCUT2D eigenvalue weighted by molar-refractivity contribution is 0.252. The SMILES string of the molecule is CCc1noc(CSc2nnc(COc3cccc(C)c3)o2)n1. The molecule has 0 atom stereocenters. The van der Waals surface area contributed by atoms with Crippen LogP contribution in [0.1, 0.15) is 30.1 Å². The fourth-order valence-corrected chi connectivity index (χ4v) is 2.44. The van der Waals surface area contributed by atoms with Crippen LogP contribution in [0.4, 0.5) is 0 Å². The second kappa shape index (κ2) is 7.28. The summed E-state index contributed by atoms with van der Waals surface area (Å²) in [5.41, 5.74) is 1.13. The zero-order valence-electron chi connectivity index (χ0n) is 12.9. The lowest BCUT2D eigenvalue weighted by Gasteiger charge is -2.03. The van der Waals surface area contributed by atoms with Crippen molar-refractivity contribution in [3.05, 3.63) is 47.4 Å². The molecule has 0 saturated heterocycles. The van der Waals surface area contributed by atoms with Gasteiger partial charge in [0.25, 0.3) is 11.1 Å². The van der Waals surface area contributed by atoms with Gasteiger partial charge in [-0.15, -0.1) is 10.2 Å². The number of aromatic nitrogens is 4. The Labute approximate surface area is 137 Å². The molecule has 120 valence electrons. The average molecular weight is 332 g/mol. The Bertz CT molecular complexity index is 771. The highest BCUT2D eigenvalue weighted by atomic mass is 32.2. The van der Waals surface area contributed by atoms with Gasteiger partial charge < -0.3 is 13.7 Å². The molecule has 3 rings (SSSR count). The smallest absolute Gasteiger partial charge is 0.277 e. The number of benzene rings is 1. The quantitative estimate of drug-likeness (QED) is 0.610. The van der Waals surface area contributed by atoms with Gasteiger partial charge in [0.2, 0.25) is 5.89 Å². The molecule has 0 fully saturated rings. The number of ether oxygens (including phenoxy) is 1. The number of hydrogen-bond donors (Lipinski definition) is 0. The van der Waals surface area contributed by atoms with E-state index >= 15 is 0 Å². The Morgan fingerprint density at radius 1 is 1.22 bits per heavy atom. The first-order valence-corrected chi connectivity index (χ1v) is 8.17. The molecule has 0 bridgehead atoms. The van der Waals surface area contributed by atoms with Crippen LogP contribution in [0.5, 0.6) is 5.75 Å². The maximum absolute atomic E-state index is 5.62. The van der Waals surface area contributed by atoms with Gasteiger partial charge in [0.05, 0.1) is 5.75 Å². The molecule has 0 saturated carbocycles. The van der Waals surface area contributed by atoms with Crippen molar-refractivity contribution in [1.82, 2.24) is 20.3 Å². The lowest BCUT2D eigenvalue weighted by atomic mass is 10.2. The predicted molar refractivity (Wildman–Crippen MR) is 83.0 cm³/mol. The summed E-state index contributed by atoms with van der Waals surface area (Å²) in [6.45, 7) is 4.22. The number of rotatable bonds is 7. The molecule has 0 aliphatic carbocycles. The second-order valence-electron chi connectivity index (χ2n) is 4.81. The van der Waals surface area contributed by atoms with E-state index in [-0.39, 0.29) is 6.61 Å². The van der Waals surface area contributed by atoms with E-state index in [0.29, 0.717) is 28.6 Å². The monoisotopic (exact) mass is 332 g/mol. The van der Waals surface area contributed by atoms with Gasteiger partial charge in [0, 0.05) is 6.42 Å². The molecule has 0 amide bonds. The van der Waals surface area contributed by atoms with Crippen molar-refractivity contribution in [2.45, 2.75) is 37.9 Å². The Morgan fingerprint density at radius 3 is 2.91 bits per heavy atom. The van der Waals surface area contributed by atoms with Gasteiger partial charge in [-0.05, 0) is 24.6 Å². The van der Waals surface area contributed by atoms with E-state index in [4.69, 9.17) is 13.7 Å². The Kier molecular flexibility index (Phi) is 4.92. The van der Waals surface area contributed by atoms with E-state index in [1.165, 1.54) is 11.8 Å². The highest BCUT2D eigenvalue weighted by Gasteiger charge is 2.11. The maximum atomic E-state index is 5.62. The summed E-state index contributed by atoms with van der Waals surface area (Å²) < 4.78 is 16.2. The number of aryl methyl sites for hydroxylation is 2. The standard InChI is InChI=1S/C15H16N4O3S/c1-3-12-16-14(22-19-12)9-23-15-18-17-13(21-15)8-20-11-6-4-5-10(2)7-11/h4-7H,3,8-9H2,1-2H3. The molecule has 2 heterocycles. The number of nitrogens with zero attached hydrogens (tertiary/aromatic N) is 4. The first-order valence-electron chi connectivity index (χ1n) is 7.19. The van der Waals surface area contributed by atoms with E-state index in [1.807, 2.05) is 38.1 Å². The van der Waals surface area contributed by atoms with Crippen LogP contribution >= 0.6 is 11.8 Å². The Balaban J connectivity index is 1.51. The van der Waals surface area contributed by atoms with E-state index in [9.17, 15) is 0 Å². The number of thioether (sulfide) groups is 1. The molecule has 2 aromatic heterocycles. The molecule has 0 N–H and O–H groups in total. The van der Waals surface area contributed by atoms with Crippen LogP contribution in [-0.2, 0) is 18.8 Å². The van der Waals surface area contributed by atoms with Crippen molar-refractivity contribution in [1.29, 1.82) is 0 Å². The van der Waals surface area contributed by atoms with Crippen LogP contribution in [-0.4, -0.2) is 20.3 Å². The summed E-state index contributed by atoms with van der Waals surface area (Å²) in [6.07, 6.45) is 0.745. The van der Waals surface area contributed by atoms with Gasteiger partial charge in [-0.1, -0.05) is 36.0 Å². The highest BCUT2D eigenvalue weighted by Crippen LogP contribution is 2.21. The molecule has 0 unspecified atom stereocenters. The minimum atomic E-state index is 0.234. The van der Waals surface area contributed by atoms with Crippen molar-refractivity contribution in [2.75, 3.05) is 0 Å². The second-order valence-corrected chi connectivity index (χ2v) is 5.74. The topological polar surface area (TPSA) is 87.1 Å². The summed E-state index contributed by atoms with van der Waals surface area (Å²) >= 11 is 1.35. The van der Waals surface area contributed by atoms with E-state index in [0.717, 1.165) is 17.7 Å². The van der Waals surface area contributed by atoms with Crippen LogP contribution in [0.15, 0.2) is 38.4 Å². The van der Waals surface area contributed by atoms with Crippen molar-refractivity contribution in [3.8, 4) is 5.75 Å². The van der Waals surface area contributed by atoms with Gasteiger partial charge in [-0.2, -0.15) is 4.98 Å². The number of hydrogen-bond acceptors (Lipinski definition) is 8. The molecule has 7 nitrogen and oxygen atoms in total. The molecule has 0 aliphatic rings. The first kappa shape index (κ1) is 15.5. The molecule has 3 aromatic rings. The van der Waals surface area contributed by atoms with E-state index in [2.05, 4.69) is 20.3 Å². The molecule has 0 aliphatic heterocycles. The average Bonchev–Trinajstić information content (AvgIpc) is 3.20. The maximum Gasteiger partial charge on any atom is 0.277 e. The fraction of sp³-hybridized carbons (Fsp3) is 0.333. The first-order chi connectivity index (χ1) is 11.2. The molecular weight excluding hydrogens is 316 g/mol. The van der Waals surface area contributed by atoms with Crippen LogP contribution in [0.2, 0.25) is 0 Å². The van der Waals surface area contributed by atoms with Gasteiger partial charge in [0.1, 0.15) is 5.75 Å². The molecule has 8 heteroatoms. The minimum Gasteiger partial charge on any atom is -0.484 e. The fourth-order valence-electron chi connectivity index (χ4n) is 1.82. The third-order valence-corrected chi connectivity index (χ3v) is 3.75. The predicted octanol–water partition coefficient (Wildman–Crippen LogP) is 3.19. The molecule has 0 radical (unpaired) electrons. The lowest BCUT2D eigenvalue weighted by Crippen LogP contribution is -1.95. The highest BCUT2D eigenvalue weighted by molar-refractivity contribution is 7.98.